The topological polar surface area (TPSA) is 84.2 Å². The first-order valence-corrected chi connectivity index (χ1v) is 9.11. The number of rotatable bonds is 8. The number of carbonyl (C=O) groups is 2. The Kier molecular flexibility index (Phi) is 7.31. The maximum Gasteiger partial charge on any atom is 0.238 e. The van der Waals surface area contributed by atoms with E-state index in [0.717, 1.165) is 10.5 Å². The van der Waals surface area contributed by atoms with Crippen molar-refractivity contribution in [3.63, 3.8) is 0 Å². The van der Waals surface area contributed by atoms with Crippen molar-refractivity contribution in [2.24, 2.45) is 5.73 Å². The SMILES string of the molecule is C[C@H](NCC(=O)Nc1ccccc1SCC(N)=O)c1cccc(Cl)c1. The van der Waals surface area contributed by atoms with Crippen LogP contribution in [0, 0.1) is 0 Å². The third kappa shape index (κ3) is 6.42. The lowest BCUT2D eigenvalue weighted by Gasteiger charge is -2.15. The molecule has 0 bridgehead atoms. The highest BCUT2D eigenvalue weighted by atomic mass is 35.5. The van der Waals surface area contributed by atoms with E-state index in [0.29, 0.717) is 10.7 Å². The largest absolute Gasteiger partial charge is 0.369 e. The minimum atomic E-state index is -0.400. The molecule has 0 spiro atoms. The summed E-state index contributed by atoms with van der Waals surface area (Å²) in [4.78, 5) is 23.9. The molecule has 7 heteroatoms. The number of anilines is 1. The number of hydrogen-bond donors (Lipinski definition) is 3. The Hall–Kier alpha value is -2.02. The average molecular weight is 378 g/mol. The summed E-state index contributed by atoms with van der Waals surface area (Å²) in [5.41, 5.74) is 6.85. The Bertz CT molecular complexity index is 755. The molecule has 0 saturated carbocycles. The molecule has 25 heavy (non-hydrogen) atoms. The van der Waals surface area contributed by atoms with Crippen LogP contribution < -0.4 is 16.4 Å². The van der Waals surface area contributed by atoms with Crippen molar-refractivity contribution in [2.45, 2.75) is 17.9 Å². The number of nitrogens with two attached hydrogens (primary N) is 1. The number of nitrogens with one attached hydrogen (secondary N) is 2. The van der Waals surface area contributed by atoms with Gasteiger partial charge in [0.05, 0.1) is 18.0 Å². The van der Waals surface area contributed by atoms with Crippen molar-refractivity contribution in [3.05, 3.63) is 59.1 Å². The van der Waals surface area contributed by atoms with E-state index < -0.39 is 5.91 Å². The molecule has 2 aromatic rings. The van der Waals surface area contributed by atoms with E-state index in [1.165, 1.54) is 11.8 Å². The highest BCUT2D eigenvalue weighted by molar-refractivity contribution is 8.00. The lowest BCUT2D eigenvalue weighted by Crippen LogP contribution is -2.30. The van der Waals surface area contributed by atoms with Crippen LogP contribution in [0.4, 0.5) is 5.69 Å². The van der Waals surface area contributed by atoms with E-state index in [-0.39, 0.29) is 24.2 Å². The minimum Gasteiger partial charge on any atom is -0.369 e. The predicted octanol–water partition coefficient (Wildman–Crippen LogP) is 3.21. The van der Waals surface area contributed by atoms with Crippen molar-refractivity contribution >= 4 is 40.9 Å². The van der Waals surface area contributed by atoms with Crippen molar-refractivity contribution in [1.82, 2.24) is 5.32 Å². The zero-order valence-electron chi connectivity index (χ0n) is 13.8. The molecule has 2 rings (SSSR count). The van der Waals surface area contributed by atoms with E-state index >= 15 is 0 Å². The molecule has 0 aromatic heterocycles. The summed E-state index contributed by atoms with van der Waals surface area (Å²) in [7, 11) is 0. The van der Waals surface area contributed by atoms with Crippen molar-refractivity contribution in [1.29, 1.82) is 0 Å². The van der Waals surface area contributed by atoms with Crippen LogP contribution in [0.5, 0.6) is 0 Å². The van der Waals surface area contributed by atoms with Gasteiger partial charge in [-0.25, -0.2) is 0 Å². The first kappa shape index (κ1) is 19.3. The molecule has 2 aromatic carbocycles. The number of thioether (sulfide) groups is 1. The fraction of sp³-hybridized carbons (Fsp3) is 0.222. The Morgan fingerprint density at radius 3 is 2.68 bits per heavy atom. The molecule has 0 aliphatic heterocycles. The number of amides is 2. The van der Waals surface area contributed by atoms with Gasteiger partial charge in [-0.2, -0.15) is 0 Å². The van der Waals surface area contributed by atoms with Gasteiger partial charge >= 0.3 is 0 Å². The van der Waals surface area contributed by atoms with Crippen LogP contribution in [0.1, 0.15) is 18.5 Å². The molecule has 5 nitrogen and oxygen atoms in total. The molecule has 0 fully saturated rings. The number of carbonyl (C=O) groups excluding carboxylic acids is 2. The highest BCUT2D eigenvalue weighted by Gasteiger charge is 2.11. The van der Waals surface area contributed by atoms with Crippen LogP contribution >= 0.6 is 23.4 Å². The quantitative estimate of drug-likeness (QED) is 0.617. The van der Waals surface area contributed by atoms with Gasteiger partial charge in [-0.3, -0.25) is 9.59 Å². The van der Waals surface area contributed by atoms with E-state index in [1.54, 1.807) is 6.07 Å². The van der Waals surface area contributed by atoms with Gasteiger partial charge in [0.15, 0.2) is 0 Å². The summed E-state index contributed by atoms with van der Waals surface area (Å²) in [6, 6.07) is 14.8. The molecule has 0 radical (unpaired) electrons. The smallest absolute Gasteiger partial charge is 0.238 e. The van der Waals surface area contributed by atoms with Crippen LogP contribution in [0.25, 0.3) is 0 Å². The fourth-order valence-electron chi connectivity index (χ4n) is 2.18. The molecule has 2 amide bonds. The second-order valence-corrected chi connectivity index (χ2v) is 6.91. The number of primary amides is 1. The zero-order chi connectivity index (χ0) is 18.2. The highest BCUT2D eigenvalue weighted by Crippen LogP contribution is 2.26. The lowest BCUT2D eigenvalue weighted by molar-refractivity contribution is -0.116. The summed E-state index contributed by atoms with van der Waals surface area (Å²) in [6.07, 6.45) is 0. The Morgan fingerprint density at radius 1 is 1.20 bits per heavy atom. The van der Waals surface area contributed by atoms with E-state index in [1.807, 2.05) is 49.4 Å². The van der Waals surface area contributed by atoms with E-state index in [2.05, 4.69) is 10.6 Å². The lowest BCUT2D eigenvalue weighted by atomic mass is 10.1. The number of hydrogen-bond acceptors (Lipinski definition) is 4. The van der Waals surface area contributed by atoms with Crippen LogP contribution in [-0.2, 0) is 9.59 Å². The fourth-order valence-corrected chi connectivity index (χ4v) is 3.12. The first-order chi connectivity index (χ1) is 12.0. The predicted molar refractivity (Wildman–Crippen MR) is 103 cm³/mol. The van der Waals surface area contributed by atoms with E-state index in [9.17, 15) is 9.59 Å². The molecule has 4 N–H and O–H groups in total. The van der Waals surface area contributed by atoms with Crippen LogP contribution in [0.3, 0.4) is 0 Å². The van der Waals surface area contributed by atoms with Gasteiger partial charge in [0.2, 0.25) is 11.8 Å². The Labute approximate surface area is 156 Å². The third-order valence-electron chi connectivity index (χ3n) is 3.45. The Morgan fingerprint density at radius 2 is 1.96 bits per heavy atom. The van der Waals surface area contributed by atoms with Gasteiger partial charge < -0.3 is 16.4 Å². The monoisotopic (exact) mass is 377 g/mol. The maximum absolute atomic E-state index is 12.2. The van der Waals surface area contributed by atoms with Crippen molar-refractivity contribution in [3.8, 4) is 0 Å². The second kappa shape index (κ2) is 9.46. The normalized spacial score (nSPS) is 11.8. The van der Waals surface area contributed by atoms with Gasteiger partial charge in [-0.1, -0.05) is 35.9 Å². The maximum atomic E-state index is 12.2. The van der Waals surface area contributed by atoms with Gasteiger partial charge in [-0.05, 0) is 36.8 Å². The van der Waals surface area contributed by atoms with Gasteiger partial charge in [0.25, 0.3) is 0 Å². The van der Waals surface area contributed by atoms with Gasteiger partial charge in [-0.15, -0.1) is 11.8 Å². The minimum absolute atomic E-state index is 0.0102. The standard InChI is InChI=1S/C18H20ClN3O2S/c1-12(13-5-4-6-14(19)9-13)21-10-18(24)22-15-7-2-3-8-16(15)25-11-17(20)23/h2-9,12,21H,10-11H2,1H3,(H2,20,23)(H,22,24)/t12-/m0/s1. The first-order valence-electron chi connectivity index (χ1n) is 7.74. The molecule has 1 atom stereocenters. The molecule has 0 unspecified atom stereocenters. The molecule has 0 aliphatic carbocycles. The van der Waals surface area contributed by atoms with Crippen molar-refractivity contribution < 1.29 is 9.59 Å². The molecular weight excluding hydrogens is 358 g/mol. The van der Waals surface area contributed by atoms with Crippen LogP contribution in [0.2, 0.25) is 5.02 Å². The number of halogens is 1. The second-order valence-electron chi connectivity index (χ2n) is 5.46. The van der Waals surface area contributed by atoms with Crippen LogP contribution in [-0.4, -0.2) is 24.1 Å². The zero-order valence-corrected chi connectivity index (χ0v) is 15.4. The number of para-hydroxylation sites is 1. The number of benzene rings is 2. The summed E-state index contributed by atoms with van der Waals surface area (Å²) in [5.74, 6) is -0.402. The summed E-state index contributed by atoms with van der Waals surface area (Å²) in [5, 5.41) is 6.68. The summed E-state index contributed by atoms with van der Waals surface area (Å²) in [6.45, 7) is 2.12. The van der Waals surface area contributed by atoms with E-state index in [4.69, 9.17) is 17.3 Å². The molecule has 0 heterocycles. The molecule has 0 aliphatic rings. The third-order valence-corrected chi connectivity index (χ3v) is 4.78. The Balaban J connectivity index is 1.91. The van der Waals surface area contributed by atoms with Gasteiger partial charge in [0, 0.05) is 16.0 Å². The van der Waals surface area contributed by atoms with Gasteiger partial charge in [0.1, 0.15) is 0 Å². The average Bonchev–Trinajstić information content (AvgIpc) is 2.59. The molecule has 132 valence electrons. The van der Waals surface area contributed by atoms with Crippen molar-refractivity contribution in [2.75, 3.05) is 17.6 Å². The summed E-state index contributed by atoms with van der Waals surface area (Å²) < 4.78 is 0. The molecule has 0 saturated heterocycles. The van der Waals surface area contributed by atoms with Crippen LogP contribution in [0.15, 0.2) is 53.4 Å². The summed E-state index contributed by atoms with van der Waals surface area (Å²) >= 11 is 7.28. The molecular formula is C18H20ClN3O2S.